The van der Waals surface area contributed by atoms with Gasteiger partial charge in [0.05, 0.1) is 6.10 Å². The summed E-state index contributed by atoms with van der Waals surface area (Å²) in [5.74, 6) is 0.568. The maximum Gasteiger partial charge on any atom is 0.225 e. The van der Waals surface area contributed by atoms with Gasteiger partial charge in [0.25, 0.3) is 0 Å². The summed E-state index contributed by atoms with van der Waals surface area (Å²) >= 11 is 0. The predicted octanol–water partition coefficient (Wildman–Crippen LogP) is 1.13. The highest BCUT2D eigenvalue weighted by Crippen LogP contribution is 2.19. The summed E-state index contributed by atoms with van der Waals surface area (Å²) in [7, 11) is 0. The van der Waals surface area contributed by atoms with E-state index in [0.717, 1.165) is 52.0 Å². The third kappa shape index (κ3) is 5.85. The molecule has 0 aliphatic carbocycles. The number of hydrogen-bond acceptors (Lipinski definition) is 4. The van der Waals surface area contributed by atoms with Gasteiger partial charge in [-0.1, -0.05) is 6.92 Å². The van der Waals surface area contributed by atoms with Crippen LogP contribution in [0.5, 0.6) is 0 Å². The van der Waals surface area contributed by atoms with Gasteiger partial charge in [-0.15, -0.1) is 24.8 Å². The minimum atomic E-state index is -0.296. The van der Waals surface area contributed by atoms with E-state index < -0.39 is 0 Å². The van der Waals surface area contributed by atoms with Crippen LogP contribution in [0.3, 0.4) is 0 Å². The molecule has 2 atom stereocenters. The molecule has 0 radical (unpaired) electrons. The van der Waals surface area contributed by atoms with E-state index in [1.54, 1.807) is 0 Å². The highest BCUT2D eigenvalue weighted by molar-refractivity contribution is 5.85. The maximum absolute atomic E-state index is 12.6. The minimum Gasteiger partial charge on any atom is -0.392 e. The van der Waals surface area contributed by atoms with E-state index in [1.807, 2.05) is 6.92 Å². The summed E-state index contributed by atoms with van der Waals surface area (Å²) in [6.45, 7) is 9.18. The Morgan fingerprint density at radius 1 is 1.27 bits per heavy atom. The molecule has 0 bridgehead atoms. The smallest absolute Gasteiger partial charge is 0.225 e. The molecule has 22 heavy (non-hydrogen) atoms. The van der Waals surface area contributed by atoms with Crippen LogP contribution >= 0.6 is 24.8 Å². The topological polar surface area (TPSA) is 55.8 Å². The molecule has 2 aliphatic heterocycles. The number of piperidine rings is 1. The average molecular weight is 356 g/mol. The van der Waals surface area contributed by atoms with Gasteiger partial charge >= 0.3 is 0 Å². The van der Waals surface area contributed by atoms with Crippen molar-refractivity contribution in [1.29, 1.82) is 0 Å². The van der Waals surface area contributed by atoms with Crippen LogP contribution in [-0.2, 0) is 4.79 Å². The van der Waals surface area contributed by atoms with E-state index in [4.69, 9.17) is 0 Å². The number of halogens is 2. The van der Waals surface area contributed by atoms with Crippen molar-refractivity contribution in [2.24, 2.45) is 5.92 Å². The second-order valence-electron chi connectivity index (χ2n) is 6.21. The summed E-state index contributed by atoms with van der Waals surface area (Å²) in [6, 6.07) is 0.393. The lowest BCUT2D eigenvalue weighted by Crippen LogP contribution is -2.57. The number of hydrogen-bond donors (Lipinski definition) is 2. The molecule has 132 valence electrons. The number of β-amino-alcohol motifs (C(OH)–C–C–N with tert-alkyl or cyclic N) is 1. The van der Waals surface area contributed by atoms with Crippen LogP contribution in [0, 0.1) is 5.92 Å². The highest BCUT2D eigenvalue weighted by atomic mass is 35.5. The molecule has 7 heteroatoms. The van der Waals surface area contributed by atoms with Crippen molar-refractivity contribution in [3.8, 4) is 0 Å². The second kappa shape index (κ2) is 10.7. The van der Waals surface area contributed by atoms with E-state index in [-0.39, 0.29) is 36.8 Å². The SMILES string of the molecule is CCC1CN(C(=O)C2CCNCC2)CCN1CC(C)O.Cl.Cl. The average Bonchev–Trinajstić information content (AvgIpc) is 2.47. The van der Waals surface area contributed by atoms with Crippen LogP contribution in [0.25, 0.3) is 0 Å². The molecule has 2 unspecified atom stereocenters. The van der Waals surface area contributed by atoms with E-state index >= 15 is 0 Å². The first kappa shape index (κ1) is 21.9. The Morgan fingerprint density at radius 2 is 1.91 bits per heavy atom. The first-order valence-electron chi connectivity index (χ1n) is 8.03. The van der Waals surface area contributed by atoms with E-state index in [1.165, 1.54) is 0 Å². The molecule has 5 nitrogen and oxygen atoms in total. The molecule has 2 fully saturated rings. The molecule has 0 aromatic heterocycles. The van der Waals surface area contributed by atoms with Gasteiger partial charge < -0.3 is 15.3 Å². The molecular weight excluding hydrogens is 325 g/mol. The Morgan fingerprint density at radius 3 is 2.45 bits per heavy atom. The molecule has 2 saturated heterocycles. The second-order valence-corrected chi connectivity index (χ2v) is 6.21. The van der Waals surface area contributed by atoms with Crippen molar-refractivity contribution in [1.82, 2.24) is 15.1 Å². The van der Waals surface area contributed by atoms with Crippen molar-refractivity contribution >= 4 is 30.7 Å². The molecule has 0 spiro atoms. The lowest BCUT2D eigenvalue weighted by molar-refractivity contribution is -0.139. The fourth-order valence-corrected chi connectivity index (χ4v) is 3.39. The van der Waals surface area contributed by atoms with Gasteiger partial charge in [0.2, 0.25) is 5.91 Å². The Labute approximate surface area is 146 Å². The van der Waals surface area contributed by atoms with Crippen LogP contribution < -0.4 is 5.32 Å². The number of amides is 1. The number of nitrogens with one attached hydrogen (secondary N) is 1. The van der Waals surface area contributed by atoms with Gasteiger partial charge in [-0.3, -0.25) is 9.69 Å². The monoisotopic (exact) mass is 355 g/mol. The number of aliphatic hydroxyl groups excluding tert-OH is 1. The zero-order valence-electron chi connectivity index (χ0n) is 13.7. The normalized spacial score (nSPS) is 25.0. The summed E-state index contributed by atoms with van der Waals surface area (Å²) in [5.41, 5.74) is 0. The molecule has 0 saturated carbocycles. The summed E-state index contributed by atoms with van der Waals surface area (Å²) in [5, 5.41) is 12.9. The fourth-order valence-electron chi connectivity index (χ4n) is 3.39. The first-order valence-corrected chi connectivity index (χ1v) is 8.03. The summed E-state index contributed by atoms with van der Waals surface area (Å²) < 4.78 is 0. The lowest BCUT2D eigenvalue weighted by Gasteiger charge is -2.43. The van der Waals surface area contributed by atoms with Crippen molar-refractivity contribution in [2.45, 2.75) is 45.3 Å². The Balaban J connectivity index is 0.00000220. The van der Waals surface area contributed by atoms with Crippen LogP contribution in [0.2, 0.25) is 0 Å². The highest BCUT2D eigenvalue weighted by Gasteiger charge is 2.32. The quantitative estimate of drug-likeness (QED) is 0.793. The van der Waals surface area contributed by atoms with Crippen LogP contribution in [0.15, 0.2) is 0 Å². The molecular formula is C15H31Cl2N3O2. The van der Waals surface area contributed by atoms with E-state index in [2.05, 4.69) is 22.0 Å². The minimum absolute atomic E-state index is 0. The molecule has 1 amide bonds. The van der Waals surface area contributed by atoms with Gasteiger partial charge in [0, 0.05) is 38.1 Å². The van der Waals surface area contributed by atoms with Crippen molar-refractivity contribution in [3.05, 3.63) is 0 Å². The molecule has 2 N–H and O–H groups in total. The van der Waals surface area contributed by atoms with Crippen molar-refractivity contribution in [3.63, 3.8) is 0 Å². The Bertz CT molecular complexity index is 326. The Kier molecular flexibility index (Phi) is 10.6. The van der Waals surface area contributed by atoms with Crippen LogP contribution in [0.1, 0.15) is 33.1 Å². The Hall–Kier alpha value is -0.0700. The number of piperazine rings is 1. The van der Waals surface area contributed by atoms with Crippen LogP contribution in [0.4, 0.5) is 0 Å². The van der Waals surface area contributed by atoms with Crippen molar-refractivity contribution < 1.29 is 9.90 Å². The number of rotatable bonds is 4. The molecule has 2 rings (SSSR count). The summed E-state index contributed by atoms with van der Waals surface area (Å²) in [6.07, 6.45) is 2.69. The van der Waals surface area contributed by atoms with E-state index in [9.17, 15) is 9.90 Å². The van der Waals surface area contributed by atoms with E-state index in [0.29, 0.717) is 18.5 Å². The third-order valence-corrected chi connectivity index (χ3v) is 4.57. The molecule has 0 aromatic rings. The van der Waals surface area contributed by atoms with Gasteiger partial charge in [-0.05, 0) is 39.3 Å². The van der Waals surface area contributed by atoms with Gasteiger partial charge in [-0.2, -0.15) is 0 Å². The number of carbonyl (C=O) groups is 1. The zero-order chi connectivity index (χ0) is 14.5. The van der Waals surface area contributed by atoms with Gasteiger partial charge in [-0.25, -0.2) is 0 Å². The zero-order valence-corrected chi connectivity index (χ0v) is 15.3. The third-order valence-electron chi connectivity index (χ3n) is 4.57. The molecule has 2 aliphatic rings. The summed E-state index contributed by atoms with van der Waals surface area (Å²) in [4.78, 5) is 17.0. The number of aliphatic hydroxyl groups is 1. The number of carbonyl (C=O) groups excluding carboxylic acids is 1. The van der Waals surface area contributed by atoms with Crippen LogP contribution in [-0.4, -0.2) is 72.2 Å². The number of nitrogens with zero attached hydrogens (tertiary/aromatic N) is 2. The predicted molar refractivity (Wildman–Crippen MR) is 94.0 cm³/mol. The molecule has 2 heterocycles. The molecule has 0 aromatic carbocycles. The standard InChI is InChI=1S/C15H29N3O2.2ClH/c1-3-14-11-18(9-8-17(14)10-12(2)19)15(20)13-4-6-16-7-5-13;;/h12-14,16,19H,3-11H2,1-2H3;2*1H. The van der Waals surface area contributed by atoms with Gasteiger partial charge in [0.15, 0.2) is 0 Å². The maximum atomic E-state index is 12.6. The lowest BCUT2D eigenvalue weighted by atomic mass is 9.95. The largest absolute Gasteiger partial charge is 0.392 e. The van der Waals surface area contributed by atoms with Crippen molar-refractivity contribution in [2.75, 3.05) is 39.3 Å². The van der Waals surface area contributed by atoms with Gasteiger partial charge in [0.1, 0.15) is 0 Å². The fraction of sp³-hybridized carbons (Fsp3) is 0.933. The first-order chi connectivity index (χ1) is 9.61.